The van der Waals surface area contributed by atoms with Crippen molar-refractivity contribution in [1.82, 2.24) is 15.4 Å². The van der Waals surface area contributed by atoms with Crippen LogP contribution in [0.5, 0.6) is 0 Å². The first-order chi connectivity index (χ1) is 8.19. The van der Waals surface area contributed by atoms with Crippen molar-refractivity contribution in [3.63, 3.8) is 0 Å². The third-order valence-corrected chi connectivity index (χ3v) is 3.45. The van der Waals surface area contributed by atoms with E-state index in [1.165, 1.54) is 12.8 Å². The normalized spacial score (nSPS) is 26.3. The van der Waals surface area contributed by atoms with Crippen LogP contribution < -0.4 is 5.32 Å². The summed E-state index contributed by atoms with van der Waals surface area (Å²) in [5, 5.41) is 7.55. The highest BCUT2D eigenvalue weighted by atomic mass is 16.5. The third-order valence-electron chi connectivity index (χ3n) is 3.45. The van der Waals surface area contributed by atoms with Crippen molar-refractivity contribution < 1.29 is 4.52 Å². The van der Waals surface area contributed by atoms with Crippen molar-refractivity contribution in [2.24, 2.45) is 0 Å². The second kappa shape index (κ2) is 5.65. The van der Waals surface area contributed by atoms with Crippen molar-refractivity contribution >= 4 is 0 Å². The lowest BCUT2D eigenvalue weighted by molar-refractivity contribution is 0.117. The molecule has 96 valence electrons. The fraction of sp³-hybridized carbons (Fsp3) is 0.769. The molecule has 0 amide bonds. The number of piperazine rings is 1. The number of hydrogen-bond donors (Lipinski definition) is 1. The molecular weight excluding hydrogens is 214 g/mol. The molecule has 1 saturated heterocycles. The van der Waals surface area contributed by atoms with E-state index in [4.69, 9.17) is 4.52 Å². The topological polar surface area (TPSA) is 41.3 Å². The van der Waals surface area contributed by atoms with Gasteiger partial charge in [0.05, 0.1) is 12.2 Å². The summed E-state index contributed by atoms with van der Waals surface area (Å²) < 4.78 is 5.30. The van der Waals surface area contributed by atoms with Gasteiger partial charge in [-0.15, -0.1) is 0 Å². The minimum absolute atomic E-state index is 0.563. The minimum Gasteiger partial charge on any atom is -0.360 e. The van der Waals surface area contributed by atoms with Gasteiger partial charge in [-0.3, -0.25) is 4.90 Å². The predicted molar refractivity (Wildman–Crippen MR) is 67.8 cm³/mol. The van der Waals surface area contributed by atoms with Crippen LogP contribution in [0, 0.1) is 6.92 Å². The molecule has 1 aliphatic rings. The molecule has 4 heteroatoms. The van der Waals surface area contributed by atoms with E-state index in [0.717, 1.165) is 31.1 Å². The van der Waals surface area contributed by atoms with Gasteiger partial charge in [-0.05, 0) is 20.3 Å². The van der Waals surface area contributed by atoms with Crippen LogP contribution in [0.15, 0.2) is 10.6 Å². The van der Waals surface area contributed by atoms with Crippen LogP contribution in [0.2, 0.25) is 0 Å². The van der Waals surface area contributed by atoms with Gasteiger partial charge in [0.15, 0.2) is 5.76 Å². The molecule has 0 bridgehead atoms. The lowest BCUT2D eigenvalue weighted by atomic mass is 10.1. The number of rotatable bonds is 4. The highest BCUT2D eigenvalue weighted by Gasteiger charge is 2.25. The van der Waals surface area contributed by atoms with E-state index in [1.54, 1.807) is 0 Å². The molecule has 1 aliphatic heterocycles. The first-order valence-corrected chi connectivity index (χ1v) is 6.58. The number of nitrogens with zero attached hydrogens (tertiary/aromatic N) is 2. The van der Waals surface area contributed by atoms with Crippen LogP contribution in [0.3, 0.4) is 0 Å². The predicted octanol–water partition coefficient (Wildman–Crippen LogP) is 1.95. The van der Waals surface area contributed by atoms with Crippen molar-refractivity contribution in [2.75, 3.05) is 13.1 Å². The van der Waals surface area contributed by atoms with Crippen LogP contribution in [0.1, 0.15) is 38.1 Å². The van der Waals surface area contributed by atoms with E-state index in [-0.39, 0.29) is 0 Å². The molecule has 1 aromatic heterocycles. The van der Waals surface area contributed by atoms with E-state index >= 15 is 0 Å². The molecular formula is C13H23N3O. The summed E-state index contributed by atoms with van der Waals surface area (Å²) in [4.78, 5) is 2.48. The van der Waals surface area contributed by atoms with E-state index in [1.807, 2.05) is 13.0 Å². The van der Waals surface area contributed by atoms with E-state index in [0.29, 0.717) is 12.1 Å². The molecule has 0 radical (unpaired) electrons. The summed E-state index contributed by atoms with van der Waals surface area (Å²) in [7, 11) is 0. The van der Waals surface area contributed by atoms with Crippen LogP contribution in [0.25, 0.3) is 0 Å². The third kappa shape index (κ3) is 3.30. The highest BCUT2D eigenvalue weighted by molar-refractivity contribution is 5.03. The lowest BCUT2D eigenvalue weighted by Crippen LogP contribution is -2.54. The van der Waals surface area contributed by atoms with Gasteiger partial charge < -0.3 is 9.84 Å². The zero-order chi connectivity index (χ0) is 12.3. The first-order valence-electron chi connectivity index (χ1n) is 6.58. The molecule has 4 nitrogen and oxygen atoms in total. The summed E-state index contributed by atoms with van der Waals surface area (Å²) in [6, 6.07) is 3.22. The van der Waals surface area contributed by atoms with E-state index in [2.05, 4.69) is 29.2 Å². The number of nitrogens with one attached hydrogen (secondary N) is 1. The Labute approximate surface area is 103 Å². The van der Waals surface area contributed by atoms with Gasteiger partial charge in [0.1, 0.15) is 0 Å². The van der Waals surface area contributed by atoms with Crippen molar-refractivity contribution in [3.8, 4) is 0 Å². The highest BCUT2D eigenvalue weighted by Crippen LogP contribution is 2.14. The van der Waals surface area contributed by atoms with Gasteiger partial charge in [0, 0.05) is 31.2 Å². The second-order valence-electron chi connectivity index (χ2n) is 5.11. The Morgan fingerprint density at radius 3 is 3.06 bits per heavy atom. The summed E-state index contributed by atoms with van der Waals surface area (Å²) in [5.74, 6) is 0.978. The van der Waals surface area contributed by atoms with Gasteiger partial charge in [-0.25, -0.2) is 0 Å². The number of aryl methyl sites for hydroxylation is 1. The molecule has 2 atom stereocenters. The van der Waals surface area contributed by atoms with E-state index < -0.39 is 0 Å². The first kappa shape index (κ1) is 12.6. The van der Waals surface area contributed by atoms with Gasteiger partial charge >= 0.3 is 0 Å². The molecule has 1 aromatic rings. The molecule has 0 saturated carbocycles. The van der Waals surface area contributed by atoms with Gasteiger partial charge in [0.2, 0.25) is 0 Å². The molecule has 0 aliphatic carbocycles. The second-order valence-corrected chi connectivity index (χ2v) is 5.11. The Morgan fingerprint density at radius 2 is 2.41 bits per heavy atom. The molecule has 2 unspecified atom stereocenters. The molecule has 1 N–H and O–H groups in total. The van der Waals surface area contributed by atoms with Crippen LogP contribution in [-0.4, -0.2) is 35.2 Å². The lowest BCUT2D eigenvalue weighted by Gasteiger charge is -2.38. The van der Waals surface area contributed by atoms with Crippen molar-refractivity contribution in [3.05, 3.63) is 17.5 Å². The molecule has 0 spiro atoms. The maximum absolute atomic E-state index is 5.30. The summed E-state index contributed by atoms with van der Waals surface area (Å²) in [6.07, 6.45) is 2.49. The van der Waals surface area contributed by atoms with E-state index in [9.17, 15) is 0 Å². The summed E-state index contributed by atoms with van der Waals surface area (Å²) in [6.45, 7) is 9.52. The fourth-order valence-electron chi connectivity index (χ4n) is 2.45. The summed E-state index contributed by atoms with van der Waals surface area (Å²) in [5.41, 5.74) is 0.966. The van der Waals surface area contributed by atoms with Gasteiger partial charge in [0.25, 0.3) is 0 Å². The van der Waals surface area contributed by atoms with Gasteiger partial charge in [-0.1, -0.05) is 18.5 Å². The van der Waals surface area contributed by atoms with Crippen molar-refractivity contribution in [2.45, 2.75) is 52.2 Å². The maximum atomic E-state index is 5.30. The minimum atomic E-state index is 0.563. The quantitative estimate of drug-likeness (QED) is 0.869. The SMILES string of the molecule is CCCC1CN(Cc2cc(C)no2)C(C)CN1. The Hall–Kier alpha value is -0.870. The number of aromatic nitrogens is 1. The Balaban J connectivity index is 1.93. The monoisotopic (exact) mass is 237 g/mol. The molecule has 2 rings (SSSR count). The Kier molecular flexibility index (Phi) is 4.18. The maximum Gasteiger partial charge on any atom is 0.150 e. The average molecular weight is 237 g/mol. The van der Waals surface area contributed by atoms with Gasteiger partial charge in [-0.2, -0.15) is 0 Å². The zero-order valence-electron chi connectivity index (χ0n) is 11.1. The molecule has 1 fully saturated rings. The Morgan fingerprint density at radius 1 is 1.59 bits per heavy atom. The van der Waals surface area contributed by atoms with Crippen LogP contribution in [-0.2, 0) is 6.54 Å². The average Bonchev–Trinajstić information content (AvgIpc) is 2.69. The fourth-order valence-corrected chi connectivity index (χ4v) is 2.45. The van der Waals surface area contributed by atoms with Crippen LogP contribution >= 0.6 is 0 Å². The Bertz CT molecular complexity index is 350. The molecule has 17 heavy (non-hydrogen) atoms. The van der Waals surface area contributed by atoms with Crippen molar-refractivity contribution in [1.29, 1.82) is 0 Å². The molecule has 2 heterocycles. The largest absolute Gasteiger partial charge is 0.360 e. The van der Waals surface area contributed by atoms with Crippen LogP contribution in [0.4, 0.5) is 0 Å². The summed E-state index contributed by atoms with van der Waals surface area (Å²) >= 11 is 0. The standard InChI is InChI=1S/C13H23N3O/c1-4-5-12-8-16(11(3)7-14-12)9-13-6-10(2)15-17-13/h6,11-12,14H,4-5,7-9H2,1-3H3. The smallest absolute Gasteiger partial charge is 0.150 e. The zero-order valence-corrected chi connectivity index (χ0v) is 11.1. The molecule has 0 aromatic carbocycles. The number of hydrogen-bond acceptors (Lipinski definition) is 4.